The molecule has 0 aliphatic rings. The highest BCUT2D eigenvalue weighted by molar-refractivity contribution is 14.1. The van der Waals surface area contributed by atoms with Gasteiger partial charge in [0.1, 0.15) is 0 Å². The summed E-state index contributed by atoms with van der Waals surface area (Å²) in [4.78, 5) is 0. The van der Waals surface area contributed by atoms with Crippen molar-refractivity contribution in [2.75, 3.05) is 0 Å². The first-order chi connectivity index (χ1) is 12.6. The van der Waals surface area contributed by atoms with Crippen molar-refractivity contribution < 1.29 is 57.1 Å². The Balaban J connectivity index is 5.91. The lowest BCUT2D eigenvalue weighted by molar-refractivity contribution is -0.442. The van der Waals surface area contributed by atoms with Crippen LogP contribution in [0, 0.1) is 5.92 Å². The van der Waals surface area contributed by atoms with E-state index in [1.54, 1.807) is 6.92 Å². The van der Waals surface area contributed by atoms with Gasteiger partial charge in [0.2, 0.25) is 0 Å². The molecule has 0 radical (unpaired) electrons. The fraction of sp³-hybridized carbons (Fsp3) is 1.00. The molecule has 0 aromatic carbocycles. The normalized spacial score (nSPS) is 17.4. The van der Waals surface area contributed by atoms with Crippen LogP contribution in [0.5, 0.6) is 0 Å². The molecule has 176 valence electrons. The molecule has 0 saturated carbocycles. The van der Waals surface area contributed by atoms with E-state index < -0.39 is 45.6 Å². The number of hydrogen-bond donors (Lipinski definition) is 0. The van der Waals surface area contributed by atoms with E-state index in [0.29, 0.717) is 26.2 Å². The molecule has 0 bridgehead atoms. The fourth-order valence-corrected chi connectivity index (χ4v) is 3.20. The van der Waals surface area contributed by atoms with E-state index in [1.165, 1.54) is 22.6 Å². The molecule has 14 heteroatoms. The van der Waals surface area contributed by atoms with Gasteiger partial charge >= 0.3 is 35.8 Å². The molecule has 0 amide bonds. The van der Waals surface area contributed by atoms with Crippen LogP contribution in [0.3, 0.4) is 0 Å². The molecule has 0 heterocycles. The quantitative estimate of drug-likeness (QED) is 0.102. The third-order valence-corrected chi connectivity index (χ3v) is 6.11. The van der Waals surface area contributed by atoms with Crippen LogP contribution >= 0.6 is 22.6 Å². The van der Waals surface area contributed by atoms with Gasteiger partial charge in [-0.15, -0.1) is 0 Å². The van der Waals surface area contributed by atoms with Crippen molar-refractivity contribution in [2.45, 2.75) is 85.7 Å². The standard InChI is InChI=1S/C15H18F13I/c1-3-4-5-6-7-9(29)8(2)10(16,17)11(18,19)12(20,21)13(22,23)14(24,25)15(26,27)28/h8-9H,3-7H2,1-2H3. The van der Waals surface area contributed by atoms with E-state index in [2.05, 4.69) is 0 Å². The first-order valence-corrected chi connectivity index (χ1v) is 9.49. The summed E-state index contributed by atoms with van der Waals surface area (Å²) in [7, 11) is 0. The van der Waals surface area contributed by atoms with Crippen molar-refractivity contribution >= 4 is 22.6 Å². The number of rotatable bonds is 11. The van der Waals surface area contributed by atoms with Gasteiger partial charge in [0.15, 0.2) is 0 Å². The maximum Gasteiger partial charge on any atom is 0.460 e. The van der Waals surface area contributed by atoms with Gasteiger partial charge in [-0.2, -0.15) is 57.1 Å². The third kappa shape index (κ3) is 5.01. The molecule has 0 N–H and O–H groups in total. The third-order valence-electron chi connectivity index (χ3n) is 4.41. The second kappa shape index (κ2) is 9.13. The predicted molar refractivity (Wildman–Crippen MR) is 86.5 cm³/mol. The van der Waals surface area contributed by atoms with Gasteiger partial charge in [0.05, 0.1) is 0 Å². The van der Waals surface area contributed by atoms with Gasteiger partial charge in [-0.25, -0.2) is 0 Å². The minimum absolute atomic E-state index is 0.201. The van der Waals surface area contributed by atoms with Gasteiger partial charge in [0.25, 0.3) is 0 Å². The Kier molecular flexibility index (Phi) is 9.07. The molecular formula is C15H18F13I. The molecule has 0 nitrogen and oxygen atoms in total. The highest BCUT2D eigenvalue weighted by Gasteiger charge is 2.91. The molecule has 0 rings (SSSR count). The first kappa shape index (κ1) is 28.8. The van der Waals surface area contributed by atoms with Crippen LogP contribution in [0.4, 0.5) is 57.1 Å². The number of unbranched alkanes of at least 4 members (excludes halogenated alkanes) is 3. The molecule has 2 unspecified atom stereocenters. The van der Waals surface area contributed by atoms with Crippen LogP contribution in [0.1, 0.15) is 46.0 Å². The van der Waals surface area contributed by atoms with Crippen molar-refractivity contribution in [3.05, 3.63) is 0 Å². The lowest BCUT2D eigenvalue weighted by atomic mass is 9.85. The first-order valence-electron chi connectivity index (χ1n) is 8.24. The highest BCUT2D eigenvalue weighted by atomic mass is 127. The van der Waals surface area contributed by atoms with Gasteiger partial charge in [0, 0.05) is 9.84 Å². The SMILES string of the molecule is CCCCCCC(I)C(C)C(F)(F)C(F)(F)C(F)(F)C(F)(F)C(F)(F)C(F)(F)F. The van der Waals surface area contributed by atoms with Crippen molar-refractivity contribution in [1.29, 1.82) is 0 Å². The maximum atomic E-state index is 14.0. The lowest BCUT2D eigenvalue weighted by Gasteiger charge is -2.42. The molecule has 29 heavy (non-hydrogen) atoms. The predicted octanol–water partition coefficient (Wildman–Crippen LogP) is 8.14. The zero-order valence-corrected chi connectivity index (χ0v) is 17.1. The lowest BCUT2D eigenvalue weighted by Crippen LogP contribution is -2.71. The molecule has 0 saturated heterocycles. The average molecular weight is 572 g/mol. The van der Waals surface area contributed by atoms with E-state index in [-0.39, 0.29) is 12.8 Å². The summed E-state index contributed by atoms with van der Waals surface area (Å²) in [6.07, 6.45) is -5.58. The summed E-state index contributed by atoms with van der Waals surface area (Å²) in [5.41, 5.74) is 0. The summed E-state index contributed by atoms with van der Waals surface area (Å²) in [6.45, 7) is 2.10. The van der Waals surface area contributed by atoms with Crippen molar-refractivity contribution in [3.8, 4) is 0 Å². The van der Waals surface area contributed by atoms with Crippen LogP contribution in [-0.4, -0.2) is 39.7 Å². The molecule has 0 fully saturated rings. The second-order valence-corrected chi connectivity index (χ2v) is 8.17. The molecule has 0 spiro atoms. The van der Waals surface area contributed by atoms with Crippen molar-refractivity contribution in [2.24, 2.45) is 5.92 Å². The van der Waals surface area contributed by atoms with E-state index in [0.717, 1.165) is 0 Å². The maximum absolute atomic E-state index is 14.0. The average Bonchev–Trinajstić information content (AvgIpc) is 2.55. The minimum atomic E-state index is -7.84. The Hall–Kier alpha value is -0.180. The zero-order chi connectivity index (χ0) is 23.7. The molecule has 0 aromatic rings. The Morgan fingerprint density at radius 3 is 1.41 bits per heavy atom. The van der Waals surface area contributed by atoms with Gasteiger partial charge in [-0.1, -0.05) is 62.1 Å². The van der Waals surface area contributed by atoms with E-state index >= 15 is 0 Å². The Morgan fingerprint density at radius 2 is 1.03 bits per heavy atom. The van der Waals surface area contributed by atoms with Crippen molar-refractivity contribution in [1.82, 2.24) is 0 Å². The molecular weight excluding hydrogens is 554 g/mol. The van der Waals surface area contributed by atoms with E-state index in [1.807, 2.05) is 0 Å². The van der Waals surface area contributed by atoms with Crippen LogP contribution in [0.15, 0.2) is 0 Å². The summed E-state index contributed by atoms with van der Waals surface area (Å²) in [5.74, 6) is -39.2. The van der Waals surface area contributed by atoms with Crippen LogP contribution in [-0.2, 0) is 0 Å². The Morgan fingerprint density at radius 1 is 0.621 bits per heavy atom. The molecule has 2 atom stereocenters. The summed E-state index contributed by atoms with van der Waals surface area (Å²) in [5, 5.41) is 0. The zero-order valence-electron chi connectivity index (χ0n) is 15.0. The fourth-order valence-electron chi connectivity index (χ4n) is 2.31. The summed E-state index contributed by atoms with van der Waals surface area (Å²) >= 11 is 1.19. The smallest absolute Gasteiger partial charge is 0.199 e. The molecule has 0 aromatic heterocycles. The topological polar surface area (TPSA) is 0 Å². The minimum Gasteiger partial charge on any atom is -0.199 e. The monoisotopic (exact) mass is 572 g/mol. The van der Waals surface area contributed by atoms with Crippen LogP contribution < -0.4 is 0 Å². The number of hydrogen-bond acceptors (Lipinski definition) is 0. The van der Waals surface area contributed by atoms with E-state index in [9.17, 15) is 57.1 Å². The van der Waals surface area contributed by atoms with Crippen LogP contribution in [0.2, 0.25) is 0 Å². The van der Waals surface area contributed by atoms with Crippen LogP contribution in [0.25, 0.3) is 0 Å². The molecule has 0 aliphatic heterocycles. The largest absolute Gasteiger partial charge is 0.460 e. The summed E-state index contributed by atoms with van der Waals surface area (Å²) in [6, 6.07) is 0. The summed E-state index contributed by atoms with van der Waals surface area (Å²) < 4.78 is 169. The second-order valence-electron chi connectivity index (χ2n) is 6.57. The highest BCUT2D eigenvalue weighted by Crippen LogP contribution is 2.61. The van der Waals surface area contributed by atoms with E-state index in [4.69, 9.17) is 0 Å². The molecule has 0 aliphatic carbocycles. The van der Waals surface area contributed by atoms with Gasteiger partial charge in [-0.05, 0) is 6.42 Å². The number of halogens is 14. The van der Waals surface area contributed by atoms with Crippen molar-refractivity contribution in [3.63, 3.8) is 0 Å². The van der Waals surface area contributed by atoms with Gasteiger partial charge < -0.3 is 0 Å². The Bertz CT molecular complexity index is 527. The van der Waals surface area contributed by atoms with Gasteiger partial charge in [-0.3, -0.25) is 0 Å². The Labute approximate surface area is 171 Å². The number of alkyl halides is 14.